The van der Waals surface area contributed by atoms with Crippen LogP contribution in [0.5, 0.6) is 0 Å². The maximum absolute atomic E-state index is 13.1. The molecule has 0 aromatic heterocycles. The molecule has 2 aliphatic rings. The number of piperazine rings is 1. The minimum Gasteiger partial charge on any atom is -0.343 e. The lowest BCUT2D eigenvalue weighted by atomic mass is 9.92. The largest absolute Gasteiger partial charge is 0.343 e. The van der Waals surface area contributed by atoms with E-state index in [-0.39, 0.29) is 23.9 Å². The second kappa shape index (κ2) is 10.3. The van der Waals surface area contributed by atoms with E-state index >= 15 is 0 Å². The molecule has 32 heavy (non-hydrogen) atoms. The summed E-state index contributed by atoms with van der Waals surface area (Å²) in [4.78, 5) is 31.2. The molecule has 1 atom stereocenters. The maximum atomic E-state index is 13.1. The molecule has 2 heterocycles. The van der Waals surface area contributed by atoms with Crippen LogP contribution in [0.1, 0.15) is 50.3 Å². The second-order valence-corrected chi connectivity index (χ2v) is 9.31. The lowest BCUT2D eigenvalue weighted by Gasteiger charge is -2.44. The molecule has 5 heteroatoms. The highest BCUT2D eigenvalue weighted by atomic mass is 16.2. The first-order valence-corrected chi connectivity index (χ1v) is 11.9. The Hall–Kier alpha value is -2.66. The molecule has 0 spiro atoms. The van der Waals surface area contributed by atoms with Crippen LogP contribution in [0.2, 0.25) is 0 Å². The van der Waals surface area contributed by atoms with Gasteiger partial charge < -0.3 is 9.80 Å². The normalized spacial score (nSPS) is 20.5. The lowest BCUT2D eigenvalue weighted by molar-refractivity contribution is -0.137. The number of carbonyl (C=O) groups excluding carboxylic acids is 2. The van der Waals surface area contributed by atoms with Crippen LogP contribution in [0.15, 0.2) is 60.7 Å². The Bertz CT molecular complexity index is 854. The van der Waals surface area contributed by atoms with Crippen LogP contribution >= 0.6 is 0 Å². The summed E-state index contributed by atoms with van der Waals surface area (Å²) in [6.45, 7) is 7.87. The molecule has 170 valence electrons. The summed E-state index contributed by atoms with van der Waals surface area (Å²) in [5.41, 5.74) is 2.59. The molecule has 0 saturated carbocycles. The van der Waals surface area contributed by atoms with Crippen molar-refractivity contribution in [2.45, 2.75) is 45.2 Å². The van der Waals surface area contributed by atoms with Gasteiger partial charge in [0.15, 0.2) is 0 Å². The zero-order valence-electron chi connectivity index (χ0n) is 19.3. The average molecular weight is 434 g/mol. The van der Waals surface area contributed by atoms with Gasteiger partial charge in [-0.15, -0.1) is 0 Å². The van der Waals surface area contributed by atoms with Gasteiger partial charge in [0.25, 0.3) is 0 Å². The second-order valence-electron chi connectivity index (χ2n) is 9.31. The molecule has 0 aliphatic carbocycles. The SMILES string of the molecule is CC(=O)N1CCC(CC(=O)N2CCN(C(c3ccccc3)c3ccccc3)CC2C)CC1. The summed E-state index contributed by atoms with van der Waals surface area (Å²) in [5, 5.41) is 0. The van der Waals surface area contributed by atoms with Crippen LogP contribution in [0.4, 0.5) is 0 Å². The Morgan fingerprint density at radius 3 is 1.94 bits per heavy atom. The van der Waals surface area contributed by atoms with Crippen molar-refractivity contribution in [3.05, 3.63) is 71.8 Å². The van der Waals surface area contributed by atoms with Gasteiger partial charge in [-0.05, 0) is 36.8 Å². The van der Waals surface area contributed by atoms with Crippen LogP contribution in [0.3, 0.4) is 0 Å². The molecule has 0 radical (unpaired) electrons. The minimum absolute atomic E-state index is 0.144. The van der Waals surface area contributed by atoms with Crippen LogP contribution in [-0.4, -0.2) is 65.3 Å². The van der Waals surface area contributed by atoms with Crippen molar-refractivity contribution in [2.75, 3.05) is 32.7 Å². The van der Waals surface area contributed by atoms with Gasteiger partial charge in [0, 0.05) is 52.1 Å². The number of amides is 2. The Morgan fingerprint density at radius 1 is 0.875 bits per heavy atom. The third-order valence-electron chi connectivity index (χ3n) is 7.10. The highest BCUT2D eigenvalue weighted by Crippen LogP contribution is 2.31. The fraction of sp³-hybridized carbons (Fsp3) is 0.481. The first-order chi connectivity index (χ1) is 15.5. The van der Waals surface area contributed by atoms with Gasteiger partial charge in [0.1, 0.15) is 0 Å². The molecule has 4 rings (SSSR count). The van der Waals surface area contributed by atoms with Crippen molar-refractivity contribution in [3.8, 4) is 0 Å². The summed E-state index contributed by atoms with van der Waals surface area (Å²) in [7, 11) is 0. The van der Waals surface area contributed by atoms with E-state index in [4.69, 9.17) is 0 Å². The van der Waals surface area contributed by atoms with E-state index in [0.717, 1.165) is 45.6 Å². The van der Waals surface area contributed by atoms with Crippen molar-refractivity contribution >= 4 is 11.8 Å². The number of rotatable bonds is 5. The summed E-state index contributed by atoms with van der Waals surface area (Å²) in [5.74, 6) is 0.810. The maximum Gasteiger partial charge on any atom is 0.223 e. The Labute approximate surface area is 192 Å². The van der Waals surface area contributed by atoms with Crippen LogP contribution in [0, 0.1) is 5.92 Å². The quantitative estimate of drug-likeness (QED) is 0.717. The third-order valence-corrected chi connectivity index (χ3v) is 7.10. The van der Waals surface area contributed by atoms with Crippen molar-refractivity contribution in [1.29, 1.82) is 0 Å². The average Bonchev–Trinajstić information content (AvgIpc) is 2.81. The number of hydrogen-bond donors (Lipinski definition) is 0. The fourth-order valence-electron chi connectivity index (χ4n) is 5.29. The van der Waals surface area contributed by atoms with E-state index in [1.165, 1.54) is 11.1 Å². The molecule has 0 bridgehead atoms. The third kappa shape index (κ3) is 5.21. The molecular formula is C27H35N3O2. The zero-order valence-corrected chi connectivity index (χ0v) is 19.3. The highest BCUT2D eigenvalue weighted by Gasteiger charge is 2.33. The summed E-state index contributed by atoms with van der Waals surface area (Å²) < 4.78 is 0. The predicted molar refractivity (Wildman–Crippen MR) is 127 cm³/mol. The van der Waals surface area contributed by atoms with Crippen LogP contribution < -0.4 is 0 Å². The van der Waals surface area contributed by atoms with Crippen molar-refractivity contribution in [1.82, 2.24) is 14.7 Å². The number of nitrogens with zero attached hydrogens (tertiary/aromatic N) is 3. The molecule has 5 nitrogen and oxygen atoms in total. The molecule has 0 N–H and O–H groups in total. The Morgan fingerprint density at radius 2 is 1.44 bits per heavy atom. The van der Waals surface area contributed by atoms with Crippen molar-refractivity contribution < 1.29 is 9.59 Å². The summed E-state index contributed by atoms with van der Waals surface area (Å²) >= 11 is 0. The summed E-state index contributed by atoms with van der Waals surface area (Å²) in [6.07, 6.45) is 2.48. The number of carbonyl (C=O) groups is 2. The lowest BCUT2D eigenvalue weighted by Crippen LogP contribution is -2.55. The molecule has 2 aromatic rings. The van der Waals surface area contributed by atoms with Gasteiger partial charge in [-0.1, -0.05) is 60.7 Å². The van der Waals surface area contributed by atoms with Gasteiger partial charge in [0.2, 0.25) is 11.8 Å². The molecule has 2 fully saturated rings. The molecular weight excluding hydrogens is 398 g/mol. The molecule has 2 aromatic carbocycles. The predicted octanol–water partition coefficient (Wildman–Crippen LogP) is 3.96. The van der Waals surface area contributed by atoms with E-state index in [9.17, 15) is 9.59 Å². The smallest absolute Gasteiger partial charge is 0.223 e. The zero-order chi connectivity index (χ0) is 22.5. The molecule has 1 unspecified atom stereocenters. The highest BCUT2D eigenvalue weighted by molar-refractivity contribution is 5.77. The monoisotopic (exact) mass is 433 g/mol. The van der Waals surface area contributed by atoms with Gasteiger partial charge in [0.05, 0.1) is 6.04 Å². The van der Waals surface area contributed by atoms with Crippen LogP contribution in [-0.2, 0) is 9.59 Å². The van der Waals surface area contributed by atoms with Crippen molar-refractivity contribution in [3.63, 3.8) is 0 Å². The number of benzene rings is 2. The molecule has 2 saturated heterocycles. The number of piperidine rings is 1. The number of hydrogen-bond acceptors (Lipinski definition) is 3. The van der Waals surface area contributed by atoms with Crippen LogP contribution in [0.25, 0.3) is 0 Å². The van der Waals surface area contributed by atoms with E-state index in [1.54, 1.807) is 6.92 Å². The fourth-order valence-corrected chi connectivity index (χ4v) is 5.29. The Balaban J connectivity index is 1.39. The Kier molecular flexibility index (Phi) is 7.26. The van der Waals surface area contributed by atoms with Gasteiger partial charge in [-0.25, -0.2) is 0 Å². The van der Waals surface area contributed by atoms with Gasteiger partial charge in [-0.2, -0.15) is 0 Å². The topological polar surface area (TPSA) is 43.9 Å². The number of likely N-dealkylation sites (tertiary alicyclic amines) is 1. The van der Waals surface area contributed by atoms with E-state index in [2.05, 4.69) is 77.4 Å². The first-order valence-electron chi connectivity index (χ1n) is 11.9. The minimum atomic E-state index is 0.144. The van der Waals surface area contributed by atoms with E-state index < -0.39 is 0 Å². The summed E-state index contributed by atoms with van der Waals surface area (Å²) in [6, 6.07) is 21.7. The van der Waals surface area contributed by atoms with Gasteiger partial charge in [-0.3, -0.25) is 14.5 Å². The van der Waals surface area contributed by atoms with E-state index in [1.807, 2.05) is 4.90 Å². The van der Waals surface area contributed by atoms with E-state index in [0.29, 0.717) is 12.3 Å². The standard InChI is InChI=1S/C27H35N3O2/c1-21-20-29(27(24-9-5-3-6-10-24)25-11-7-4-8-12-25)17-18-30(21)26(32)19-23-13-15-28(16-14-23)22(2)31/h3-12,21,23,27H,13-20H2,1-2H3. The van der Waals surface area contributed by atoms with Gasteiger partial charge >= 0.3 is 0 Å². The van der Waals surface area contributed by atoms with Crippen molar-refractivity contribution in [2.24, 2.45) is 5.92 Å². The first kappa shape index (κ1) is 22.5. The molecule has 2 aliphatic heterocycles. The molecule has 2 amide bonds.